The van der Waals surface area contributed by atoms with E-state index in [0.29, 0.717) is 0 Å². The van der Waals surface area contributed by atoms with Crippen LogP contribution < -0.4 is 10.1 Å². The van der Waals surface area contributed by atoms with Crippen LogP contribution in [0.1, 0.15) is 25.1 Å². The van der Waals surface area contributed by atoms with E-state index in [4.69, 9.17) is 4.74 Å². The highest BCUT2D eigenvalue weighted by Crippen LogP contribution is 2.14. The van der Waals surface area contributed by atoms with Gasteiger partial charge < -0.3 is 15.0 Å². The average molecular weight is 332 g/mol. The Morgan fingerprint density at radius 1 is 1.29 bits per heavy atom. The zero-order valence-electron chi connectivity index (χ0n) is 12.3. The zero-order valence-corrected chi connectivity index (χ0v) is 14.0. The Morgan fingerprint density at radius 2 is 2.10 bits per heavy atom. The lowest BCUT2D eigenvalue weighted by Gasteiger charge is -2.11. The van der Waals surface area contributed by atoms with Crippen molar-refractivity contribution in [3.63, 3.8) is 0 Å². The Kier molecular flexibility index (Phi) is 9.88. The monoisotopic (exact) mass is 331 g/mol. The van der Waals surface area contributed by atoms with Gasteiger partial charge in [-0.3, -0.25) is 0 Å². The first-order chi connectivity index (χ1) is 9.24. The van der Waals surface area contributed by atoms with Gasteiger partial charge in [-0.25, -0.2) is 4.98 Å². The number of aromatic amines is 1. The number of nitrogens with one attached hydrogen (secondary N) is 2. The fourth-order valence-corrected chi connectivity index (χ4v) is 1.88. The molecule has 1 aromatic heterocycles. The molecule has 0 aliphatic rings. The Hall–Kier alpha value is -1.23. The van der Waals surface area contributed by atoms with E-state index in [9.17, 15) is 0 Å². The van der Waals surface area contributed by atoms with Crippen LogP contribution in [0.25, 0.3) is 0 Å². The van der Waals surface area contributed by atoms with E-state index in [0.717, 1.165) is 31.0 Å². The molecule has 0 fully saturated rings. The maximum Gasteiger partial charge on any atom is 0.120 e. The average Bonchev–Trinajstić information content (AvgIpc) is 2.87. The first kappa shape index (κ1) is 19.8. The SMILES string of the molecule is CC(C)Oc1cccc(CNCCc2cnc[nH]2)c1.Cl.Cl. The molecule has 0 aliphatic heterocycles. The number of halogens is 2. The Bertz CT molecular complexity index is 489. The summed E-state index contributed by atoms with van der Waals surface area (Å²) in [5, 5.41) is 3.42. The van der Waals surface area contributed by atoms with Gasteiger partial charge in [-0.05, 0) is 31.5 Å². The van der Waals surface area contributed by atoms with E-state index in [-0.39, 0.29) is 30.9 Å². The summed E-state index contributed by atoms with van der Waals surface area (Å²) >= 11 is 0. The number of H-pyrrole nitrogens is 1. The van der Waals surface area contributed by atoms with Gasteiger partial charge >= 0.3 is 0 Å². The van der Waals surface area contributed by atoms with E-state index in [1.807, 2.05) is 32.2 Å². The molecule has 0 bridgehead atoms. The molecule has 2 rings (SSSR count). The van der Waals surface area contributed by atoms with Crippen LogP contribution >= 0.6 is 24.8 Å². The van der Waals surface area contributed by atoms with E-state index in [1.54, 1.807) is 6.33 Å². The normalized spacial score (nSPS) is 9.86. The van der Waals surface area contributed by atoms with Crippen molar-refractivity contribution in [1.29, 1.82) is 0 Å². The second-order valence-corrected chi connectivity index (χ2v) is 4.82. The molecule has 0 saturated carbocycles. The van der Waals surface area contributed by atoms with Crippen LogP contribution in [0.2, 0.25) is 0 Å². The molecule has 0 saturated heterocycles. The van der Waals surface area contributed by atoms with Crippen molar-refractivity contribution in [3.8, 4) is 5.75 Å². The number of hydrogen-bond donors (Lipinski definition) is 2. The standard InChI is InChI=1S/C15H21N3O.2ClH/c1-12(2)19-15-5-3-4-13(8-15)9-16-7-6-14-10-17-11-18-14;;/h3-5,8,10-12,16H,6-7,9H2,1-2H3,(H,17,18);2*1H. The molecule has 0 atom stereocenters. The van der Waals surface area contributed by atoms with Gasteiger partial charge in [0.25, 0.3) is 0 Å². The third-order valence-electron chi connectivity index (χ3n) is 2.73. The van der Waals surface area contributed by atoms with Crippen molar-refractivity contribution in [3.05, 3.63) is 48.0 Å². The minimum absolute atomic E-state index is 0. The highest BCUT2D eigenvalue weighted by molar-refractivity contribution is 5.85. The molecule has 0 aliphatic carbocycles. The molecule has 0 spiro atoms. The van der Waals surface area contributed by atoms with Crippen LogP contribution in [-0.2, 0) is 13.0 Å². The van der Waals surface area contributed by atoms with E-state index < -0.39 is 0 Å². The zero-order chi connectivity index (χ0) is 13.5. The van der Waals surface area contributed by atoms with Gasteiger partial charge in [-0.1, -0.05) is 12.1 Å². The van der Waals surface area contributed by atoms with Crippen LogP contribution in [-0.4, -0.2) is 22.6 Å². The minimum Gasteiger partial charge on any atom is -0.491 e. The predicted octanol–water partition coefficient (Wildman–Crippen LogP) is 3.37. The molecule has 2 aromatic rings. The summed E-state index contributed by atoms with van der Waals surface area (Å²) in [7, 11) is 0. The fraction of sp³-hybridized carbons (Fsp3) is 0.400. The summed E-state index contributed by atoms with van der Waals surface area (Å²) in [6, 6.07) is 8.22. The summed E-state index contributed by atoms with van der Waals surface area (Å²) in [5.41, 5.74) is 2.40. The number of rotatable bonds is 7. The second-order valence-electron chi connectivity index (χ2n) is 4.82. The van der Waals surface area contributed by atoms with Crippen LogP contribution in [0.15, 0.2) is 36.8 Å². The maximum atomic E-state index is 5.68. The molecule has 0 radical (unpaired) electrons. The first-order valence-corrected chi connectivity index (χ1v) is 6.67. The molecule has 4 nitrogen and oxygen atoms in total. The van der Waals surface area contributed by atoms with Crippen molar-refractivity contribution in [2.45, 2.75) is 32.9 Å². The van der Waals surface area contributed by atoms with E-state index in [2.05, 4.69) is 27.4 Å². The van der Waals surface area contributed by atoms with Crippen molar-refractivity contribution >= 4 is 24.8 Å². The number of imidazole rings is 1. The summed E-state index contributed by atoms with van der Waals surface area (Å²) < 4.78 is 5.68. The predicted molar refractivity (Wildman–Crippen MR) is 90.7 cm³/mol. The molecule has 6 heteroatoms. The number of ether oxygens (including phenoxy) is 1. The molecule has 0 amide bonds. The quantitative estimate of drug-likeness (QED) is 0.765. The van der Waals surface area contributed by atoms with Crippen molar-refractivity contribution in [2.75, 3.05) is 6.54 Å². The summed E-state index contributed by atoms with van der Waals surface area (Å²) in [5.74, 6) is 0.933. The Balaban J connectivity index is 0.00000200. The van der Waals surface area contributed by atoms with Crippen LogP contribution in [0.3, 0.4) is 0 Å². The number of nitrogens with zero attached hydrogens (tertiary/aromatic N) is 1. The van der Waals surface area contributed by atoms with Gasteiger partial charge in [0.2, 0.25) is 0 Å². The molecular weight excluding hydrogens is 309 g/mol. The van der Waals surface area contributed by atoms with Gasteiger partial charge in [0.05, 0.1) is 12.4 Å². The lowest BCUT2D eigenvalue weighted by Crippen LogP contribution is -2.17. The fourth-order valence-electron chi connectivity index (χ4n) is 1.88. The molecule has 21 heavy (non-hydrogen) atoms. The number of hydrogen-bond acceptors (Lipinski definition) is 3. The van der Waals surface area contributed by atoms with E-state index >= 15 is 0 Å². The summed E-state index contributed by atoms with van der Waals surface area (Å²) in [4.78, 5) is 7.09. The van der Waals surface area contributed by atoms with Crippen LogP contribution in [0.5, 0.6) is 5.75 Å². The van der Waals surface area contributed by atoms with Crippen molar-refractivity contribution in [1.82, 2.24) is 15.3 Å². The number of aromatic nitrogens is 2. The van der Waals surface area contributed by atoms with E-state index in [1.165, 1.54) is 5.56 Å². The lowest BCUT2D eigenvalue weighted by atomic mass is 10.2. The topological polar surface area (TPSA) is 49.9 Å². The van der Waals surface area contributed by atoms with Gasteiger partial charge in [0, 0.05) is 31.4 Å². The molecule has 118 valence electrons. The molecule has 1 aromatic carbocycles. The molecule has 1 heterocycles. The van der Waals surface area contributed by atoms with Gasteiger partial charge in [-0.15, -0.1) is 24.8 Å². The summed E-state index contributed by atoms with van der Waals surface area (Å²) in [6.45, 7) is 5.85. The van der Waals surface area contributed by atoms with Crippen LogP contribution in [0.4, 0.5) is 0 Å². The lowest BCUT2D eigenvalue weighted by molar-refractivity contribution is 0.242. The first-order valence-electron chi connectivity index (χ1n) is 6.67. The number of benzene rings is 1. The molecule has 2 N–H and O–H groups in total. The van der Waals surface area contributed by atoms with Gasteiger partial charge in [0.15, 0.2) is 0 Å². The second kappa shape index (κ2) is 10.5. The highest BCUT2D eigenvalue weighted by Gasteiger charge is 1.99. The van der Waals surface area contributed by atoms with Gasteiger partial charge in [-0.2, -0.15) is 0 Å². The smallest absolute Gasteiger partial charge is 0.120 e. The van der Waals surface area contributed by atoms with Crippen molar-refractivity contribution < 1.29 is 4.74 Å². The summed E-state index contributed by atoms with van der Waals surface area (Å²) in [6.07, 6.45) is 4.74. The Morgan fingerprint density at radius 3 is 2.76 bits per heavy atom. The third-order valence-corrected chi connectivity index (χ3v) is 2.73. The molecule has 0 unspecified atom stereocenters. The molecular formula is C15H23Cl2N3O. The minimum atomic E-state index is 0. The third kappa shape index (κ3) is 7.37. The maximum absolute atomic E-state index is 5.68. The van der Waals surface area contributed by atoms with Gasteiger partial charge in [0.1, 0.15) is 5.75 Å². The Labute approximate surface area is 138 Å². The van der Waals surface area contributed by atoms with Crippen LogP contribution in [0, 0.1) is 0 Å². The largest absolute Gasteiger partial charge is 0.491 e. The highest BCUT2D eigenvalue weighted by atomic mass is 35.5. The van der Waals surface area contributed by atoms with Crippen molar-refractivity contribution in [2.24, 2.45) is 0 Å².